The molecular formula is C37H59ClN2O8. The minimum absolute atomic E-state index is 0.0360. The van der Waals surface area contributed by atoms with Crippen molar-refractivity contribution in [2.75, 3.05) is 39.6 Å². The second-order valence-corrected chi connectivity index (χ2v) is 11.8. The number of aliphatic hydroxyl groups is 2. The van der Waals surface area contributed by atoms with E-state index in [1.54, 1.807) is 31.2 Å². The van der Waals surface area contributed by atoms with Gasteiger partial charge in [-0.05, 0) is 56.4 Å². The fraction of sp³-hybridized carbons (Fsp3) is 0.595. The van der Waals surface area contributed by atoms with E-state index in [0.29, 0.717) is 50.7 Å². The van der Waals surface area contributed by atoms with Crippen molar-refractivity contribution in [1.29, 1.82) is 0 Å². The lowest BCUT2D eigenvalue weighted by molar-refractivity contribution is -0.174. The molecule has 2 aromatic carbocycles. The van der Waals surface area contributed by atoms with Gasteiger partial charge in [0.25, 0.3) is 0 Å². The molecule has 5 N–H and O–H groups in total. The number of aliphatic hydroxyl groups excluding tert-OH is 2. The van der Waals surface area contributed by atoms with Gasteiger partial charge in [0.15, 0.2) is 5.78 Å². The van der Waals surface area contributed by atoms with E-state index in [1.807, 2.05) is 26.8 Å². The van der Waals surface area contributed by atoms with Gasteiger partial charge < -0.3 is 40.3 Å². The molecule has 1 heterocycles. The standard InChI is InChI=1S/C20H29ClN2O4.C8H10.C7H14O4.C2H6/c1-12(19-16(22)8-9-20(3,27-19)13(2)24)17(25)11-23-18(26)10-14-4-6-15(21)7-5-14;1-2-8-6-4-3-5-7-8;8-2-1-4-10-6-7-11-5-3-9;1-2/h4-7,12,16-17,19,25H,8-11,22H2,1-3H3,(H,23,26);3-7H,2H2,1H3;2,9H,1,3-7H2;1-2H3/t12-,16?,17?,19+,20-;;;/m1.../s1. The molecule has 2 unspecified atom stereocenters. The van der Waals surface area contributed by atoms with Gasteiger partial charge in [-0.25, -0.2) is 0 Å². The minimum atomic E-state index is -0.869. The van der Waals surface area contributed by atoms with Crippen molar-refractivity contribution in [3.8, 4) is 0 Å². The Hall–Kier alpha value is -2.70. The molecule has 0 radical (unpaired) electrons. The number of halogens is 1. The number of hydrogen-bond donors (Lipinski definition) is 4. The van der Waals surface area contributed by atoms with Crippen LogP contribution in [0.1, 0.15) is 71.9 Å². The van der Waals surface area contributed by atoms with E-state index in [1.165, 1.54) is 12.5 Å². The Morgan fingerprint density at radius 1 is 1.06 bits per heavy atom. The van der Waals surface area contributed by atoms with Crippen LogP contribution < -0.4 is 11.1 Å². The van der Waals surface area contributed by atoms with Gasteiger partial charge in [-0.15, -0.1) is 0 Å². The van der Waals surface area contributed by atoms with Crippen molar-refractivity contribution in [3.05, 3.63) is 70.7 Å². The number of ether oxygens (including phenoxy) is 3. The second kappa shape index (κ2) is 27.2. The van der Waals surface area contributed by atoms with Gasteiger partial charge in [0.05, 0.1) is 51.7 Å². The predicted octanol–water partition coefficient (Wildman–Crippen LogP) is 4.73. The quantitative estimate of drug-likeness (QED) is 0.144. The van der Waals surface area contributed by atoms with E-state index in [-0.39, 0.29) is 43.2 Å². The number of aryl methyl sites for hydroxylation is 1. The molecule has 1 aliphatic rings. The number of rotatable bonds is 16. The number of ketones is 1. The Labute approximate surface area is 292 Å². The third kappa shape index (κ3) is 19.3. The number of carbonyl (C=O) groups excluding carboxylic acids is 3. The fourth-order valence-corrected chi connectivity index (χ4v) is 4.64. The topological polar surface area (TPSA) is 157 Å². The van der Waals surface area contributed by atoms with E-state index >= 15 is 0 Å². The van der Waals surface area contributed by atoms with Crippen LogP contribution in [0.4, 0.5) is 0 Å². The lowest BCUT2D eigenvalue weighted by Gasteiger charge is -2.43. The number of amides is 1. The van der Waals surface area contributed by atoms with Crippen LogP contribution >= 0.6 is 11.6 Å². The van der Waals surface area contributed by atoms with Crippen LogP contribution in [0.15, 0.2) is 54.6 Å². The average molecular weight is 695 g/mol. The van der Waals surface area contributed by atoms with Gasteiger partial charge in [0.2, 0.25) is 5.91 Å². The summed E-state index contributed by atoms with van der Waals surface area (Å²) in [6.45, 7) is 13.1. The van der Waals surface area contributed by atoms with Crippen LogP contribution in [0, 0.1) is 5.92 Å². The Balaban J connectivity index is 0.000000858. The van der Waals surface area contributed by atoms with Crippen LogP contribution in [0.5, 0.6) is 0 Å². The van der Waals surface area contributed by atoms with E-state index in [4.69, 9.17) is 36.7 Å². The maximum Gasteiger partial charge on any atom is 0.224 e. The van der Waals surface area contributed by atoms with Crippen molar-refractivity contribution in [1.82, 2.24) is 5.32 Å². The summed E-state index contributed by atoms with van der Waals surface area (Å²) in [7, 11) is 0. The first-order valence-corrected chi connectivity index (χ1v) is 17.2. The van der Waals surface area contributed by atoms with Crippen molar-refractivity contribution < 1.29 is 38.8 Å². The summed E-state index contributed by atoms with van der Waals surface area (Å²) >= 11 is 5.83. The molecule has 1 amide bonds. The monoisotopic (exact) mass is 694 g/mol. The molecular weight excluding hydrogens is 636 g/mol. The first-order valence-electron chi connectivity index (χ1n) is 16.8. The number of nitrogens with two attached hydrogens (primary N) is 1. The summed E-state index contributed by atoms with van der Waals surface area (Å²) in [5.41, 5.74) is 7.55. The first-order chi connectivity index (χ1) is 23.0. The summed E-state index contributed by atoms with van der Waals surface area (Å²) < 4.78 is 15.9. The molecule has 5 atom stereocenters. The molecule has 1 fully saturated rings. The Morgan fingerprint density at radius 2 is 1.67 bits per heavy atom. The summed E-state index contributed by atoms with van der Waals surface area (Å²) in [6.07, 6.45) is 2.54. The summed E-state index contributed by atoms with van der Waals surface area (Å²) in [6, 6.07) is 17.2. The van der Waals surface area contributed by atoms with Gasteiger partial charge in [0, 0.05) is 29.9 Å². The smallest absolute Gasteiger partial charge is 0.224 e. The summed E-state index contributed by atoms with van der Waals surface area (Å²) in [4.78, 5) is 33.8. The molecule has 10 nitrogen and oxygen atoms in total. The highest BCUT2D eigenvalue weighted by Gasteiger charge is 2.43. The van der Waals surface area contributed by atoms with Crippen molar-refractivity contribution in [2.24, 2.45) is 11.7 Å². The molecule has 1 saturated heterocycles. The Kier molecular flexibility index (Phi) is 25.6. The number of nitrogens with one attached hydrogen (secondary N) is 1. The van der Waals surface area contributed by atoms with E-state index < -0.39 is 17.8 Å². The van der Waals surface area contributed by atoms with Gasteiger partial charge in [-0.1, -0.05) is 81.8 Å². The third-order valence-corrected chi connectivity index (χ3v) is 7.92. The van der Waals surface area contributed by atoms with Gasteiger partial charge in [0.1, 0.15) is 11.9 Å². The van der Waals surface area contributed by atoms with Crippen LogP contribution in [0.25, 0.3) is 0 Å². The zero-order valence-corrected chi connectivity index (χ0v) is 30.4. The third-order valence-electron chi connectivity index (χ3n) is 7.67. The van der Waals surface area contributed by atoms with E-state index in [0.717, 1.165) is 18.3 Å². The summed E-state index contributed by atoms with van der Waals surface area (Å²) in [5.74, 6) is -0.557. The fourth-order valence-electron chi connectivity index (χ4n) is 4.51. The Morgan fingerprint density at radius 3 is 2.19 bits per heavy atom. The SMILES string of the molecule is CC.CC(=O)[C@@]1(C)CCC(N)[C@H]([C@H](C)C(O)CNC(=O)Cc2ccc(Cl)cc2)O1.CCc1ccccc1.O=CCCOCCOCCO. The molecule has 0 aromatic heterocycles. The maximum atomic E-state index is 12.1. The zero-order valence-electron chi connectivity index (χ0n) is 29.7. The molecule has 0 spiro atoms. The van der Waals surface area contributed by atoms with Crippen LogP contribution in [0.3, 0.4) is 0 Å². The molecule has 0 aliphatic carbocycles. The van der Waals surface area contributed by atoms with Gasteiger partial charge in [-0.2, -0.15) is 0 Å². The molecule has 11 heteroatoms. The predicted molar refractivity (Wildman–Crippen MR) is 191 cm³/mol. The normalized spacial score (nSPS) is 19.5. The lowest BCUT2D eigenvalue weighted by atomic mass is 9.82. The molecule has 272 valence electrons. The molecule has 2 aromatic rings. The van der Waals surface area contributed by atoms with Crippen molar-refractivity contribution >= 4 is 29.6 Å². The lowest BCUT2D eigenvalue weighted by Crippen LogP contribution is -2.57. The average Bonchev–Trinajstić information content (AvgIpc) is 3.10. The first kappa shape index (κ1) is 45.3. The molecule has 3 rings (SSSR count). The Bertz CT molecular complexity index is 1120. The number of aldehydes is 1. The molecule has 0 saturated carbocycles. The van der Waals surface area contributed by atoms with E-state index in [9.17, 15) is 19.5 Å². The number of carbonyl (C=O) groups is 3. The minimum Gasteiger partial charge on any atom is -0.394 e. The number of Topliss-reactive ketones (excluding diaryl/α,β-unsaturated/α-hetero) is 1. The second-order valence-electron chi connectivity index (χ2n) is 11.3. The molecule has 48 heavy (non-hydrogen) atoms. The van der Waals surface area contributed by atoms with Crippen molar-refractivity contribution in [2.45, 2.75) is 97.5 Å². The van der Waals surface area contributed by atoms with Crippen LogP contribution in [-0.4, -0.2) is 91.6 Å². The highest BCUT2D eigenvalue weighted by atomic mass is 35.5. The largest absolute Gasteiger partial charge is 0.394 e. The zero-order chi connectivity index (χ0) is 36.4. The van der Waals surface area contributed by atoms with Crippen LogP contribution in [-0.2, 0) is 41.4 Å². The molecule has 1 aliphatic heterocycles. The van der Waals surface area contributed by atoms with Crippen LogP contribution in [0.2, 0.25) is 5.02 Å². The number of benzene rings is 2. The van der Waals surface area contributed by atoms with Gasteiger partial charge in [-0.3, -0.25) is 9.59 Å². The highest BCUT2D eigenvalue weighted by Crippen LogP contribution is 2.33. The molecule has 0 bridgehead atoms. The highest BCUT2D eigenvalue weighted by molar-refractivity contribution is 6.30. The maximum absolute atomic E-state index is 12.1. The number of hydrogen-bond acceptors (Lipinski definition) is 9. The van der Waals surface area contributed by atoms with Gasteiger partial charge >= 0.3 is 0 Å². The van der Waals surface area contributed by atoms with E-state index in [2.05, 4.69) is 36.5 Å². The summed E-state index contributed by atoms with van der Waals surface area (Å²) in [5, 5.41) is 22.1. The van der Waals surface area contributed by atoms with Crippen molar-refractivity contribution in [3.63, 3.8) is 0 Å².